The van der Waals surface area contributed by atoms with Gasteiger partial charge in [-0.3, -0.25) is 9.48 Å². The summed E-state index contributed by atoms with van der Waals surface area (Å²) in [5, 5.41) is 2.92. The molecule has 12 heteroatoms. The Bertz CT molecular complexity index is 592. The van der Waals surface area contributed by atoms with Crippen LogP contribution in [0.3, 0.4) is 0 Å². The third-order valence-corrected chi connectivity index (χ3v) is 3.95. The lowest BCUT2D eigenvalue weighted by molar-refractivity contribution is -0.146. The largest absolute Gasteiger partial charge is 0.435 e. The Morgan fingerprint density at radius 2 is 1.72 bits per heavy atom. The summed E-state index contributed by atoms with van der Waals surface area (Å²) in [7, 11) is 0. The molecule has 0 saturated carbocycles. The Balaban J connectivity index is 0.00000312. The molecular weight excluding hydrogens is 378 g/mol. The van der Waals surface area contributed by atoms with E-state index in [0.29, 0.717) is 32.5 Å². The first-order valence-corrected chi connectivity index (χ1v) is 7.22. The quantitative estimate of drug-likeness (QED) is 0.801. The molecule has 0 atom stereocenters. The van der Waals surface area contributed by atoms with Gasteiger partial charge in [-0.05, 0) is 25.3 Å². The van der Waals surface area contributed by atoms with Crippen LogP contribution in [-0.2, 0) is 23.7 Å². The van der Waals surface area contributed by atoms with E-state index in [1.807, 2.05) is 0 Å². The van der Waals surface area contributed by atoms with Gasteiger partial charge >= 0.3 is 12.4 Å². The summed E-state index contributed by atoms with van der Waals surface area (Å²) in [6.45, 7) is 0.192. The van der Waals surface area contributed by atoms with Crippen molar-refractivity contribution in [2.75, 3.05) is 19.6 Å². The summed E-state index contributed by atoms with van der Waals surface area (Å²) in [5.41, 5.74) is 2.24. The molecule has 1 aliphatic heterocycles. The fourth-order valence-corrected chi connectivity index (χ4v) is 2.55. The van der Waals surface area contributed by atoms with E-state index in [1.165, 1.54) is 4.90 Å². The second kappa shape index (κ2) is 7.81. The fourth-order valence-electron chi connectivity index (χ4n) is 2.55. The maximum atomic E-state index is 12.9. The summed E-state index contributed by atoms with van der Waals surface area (Å²) in [4.78, 5) is 13.4. The number of hydrogen-bond donors (Lipinski definition) is 1. The molecule has 1 aromatic heterocycles. The van der Waals surface area contributed by atoms with Crippen molar-refractivity contribution in [1.82, 2.24) is 14.7 Å². The average Bonchev–Trinajstić information content (AvgIpc) is 2.91. The lowest BCUT2D eigenvalue weighted by atomic mass is 9.97. The first-order chi connectivity index (χ1) is 11.0. The molecule has 2 N–H and O–H groups in total. The van der Waals surface area contributed by atoms with E-state index < -0.39 is 36.2 Å². The third-order valence-electron chi connectivity index (χ3n) is 3.95. The summed E-state index contributed by atoms with van der Waals surface area (Å²) in [6.07, 6.45) is -8.83. The zero-order valence-corrected chi connectivity index (χ0v) is 13.7. The van der Waals surface area contributed by atoms with E-state index in [4.69, 9.17) is 5.73 Å². The number of aromatic nitrogens is 2. The van der Waals surface area contributed by atoms with Gasteiger partial charge in [-0.1, -0.05) is 0 Å². The van der Waals surface area contributed by atoms with Gasteiger partial charge in [0.25, 0.3) is 0 Å². The molecule has 0 bridgehead atoms. The standard InChI is InChI=1S/C13H16F6N4O.ClH/c14-12(15,16)9-5-10(13(17,18)19)23(21-9)7-11(24)22-3-1-8(6-20)2-4-22;/h5,8H,1-4,6-7,20H2;1H. The summed E-state index contributed by atoms with van der Waals surface area (Å²) in [5.74, 6) is -0.464. The third kappa shape index (κ3) is 5.24. The molecule has 1 amide bonds. The number of nitrogens with two attached hydrogens (primary N) is 1. The van der Waals surface area contributed by atoms with Crippen LogP contribution in [0.4, 0.5) is 26.3 Å². The van der Waals surface area contributed by atoms with Crippen LogP contribution in [0.2, 0.25) is 0 Å². The van der Waals surface area contributed by atoms with Crippen molar-refractivity contribution in [1.29, 1.82) is 0 Å². The number of halogens is 7. The Kier molecular flexibility index (Phi) is 6.74. The normalized spacial score (nSPS) is 16.7. The number of alkyl halides is 6. The highest BCUT2D eigenvalue weighted by molar-refractivity contribution is 5.85. The van der Waals surface area contributed by atoms with Crippen LogP contribution in [0, 0.1) is 5.92 Å². The van der Waals surface area contributed by atoms with Gasteiger partial charge in [-0.2, -0.15) is 31.4 Å². The van der Waals surface area contributed by atoms with Crippen LogP contribution < -0.4 is 5.73 Å². The second-order valence-electron chi connectivity index (χ2n) is 5.63. The van der Waals surface area contributed by atoms with Crippen LogP contribution in [0.5, 0.6) is 0 Å². The first-order valence-electron chi connectivity index (χ1n) is 7.22. The lowest BCUT2D eigenvalue weighted by Gasteiger charge is -2.31. The fraction of sp³-hybridized carbons (Fsp3) is 0.692. The van der Waals surface area contributed by atoms with Crippen molar-refractivity contribution in [3.63, 3.8) is 0 Å². The molecule has 1 fully saturated rings. The molecule has 0 aliphatic carbocycles. The molecule has 144 valence electrons. The Labute approximate surface area is 145 Å². The predicted octanol–water partition coefficient (Wildman–Crippen LogP) is 2.54. The first kappa shape index (κ1) is 21.6. The number of piperidine rings is 1. The highest BCUT2D eigenvalue weighted by Crippen LogP contribution is 2.35. The van der Waals surface area contributed by atoms with Gasteiger partial charge in [0, 0.05) is 19.2 Å². The van der Waals surface area contributed by atoms with E-state index in [2.05, 4.69) is 5.10 Å². The van der Waals surface area contributed by atoms with Crippen molar-refractivity contribution >= 4 is 18.3 Å². The van der Waals surface area contributed by atoms with Crippen molar-refractivity contribution in [3.8, 4) is 0 Å². The maximum absolute atomic E-state index is 12.9. The maximum Gasteiger partial charge on any atom is 0.435 e. The van der Waals surface area contributed by atoms with Crippen molar-refractivity contribution in [2.45, 2.75) is 31.7 Å². The van der Waals surface area contributed by atoms with Crippen molar-refractivity contribution in [2.24, 2.45) is 11.7 Å². The number of carbonyl (C=O) groups excluding carboxylic acids is 1. The highest BCUT2D eigenvalue weighted by atomic mass is 35.5. The summed E-state index contributed by atoms with van der Waals surface area (Å²) < 4.78 is 76.5. The van der Waals surface area contributed by atoms with E-state index in [9.17, 15) is 31.1 Å². The van der Waals surface area contributed by atoms with Crippen LogP contribution in [0.15, 0.2) is 6.07 Å². The van der Waals surface area contributed by atoms with Crippen LogP contribution >= 0.6 is 12.4 Å². The molecule has 2 heterocycles. The number of likely N-dealkylation sites (tertiary alicyclic amines) is 1. The highest BCUT2D eigenvalue weighted by Gasteiger charge is 2.42. The second-order valence-corrected chi connectivity index (χ2v) is 5.63. The van der Waals surface area contributed by atoms with Gasteiger partial charge in [-0.25, -0.2) is 0 Å². The van der Waals surface area contributed by atoms with Crippen LogP contribution in [0.25, 0.3) is 0 Å². The molecule has 5 nitrogen and oxygen atoms in total. The van der Waals surface area contributed by atoms with E-state index in [-0.39, 0.29) is 29.1 Å². The summed E-state index contributed by atoms with van der Waals surface area (Å²) >= 11 is 0. The Hall–Kier alpha value is -1.49. The van der Waals surface area contributed by atoms with E-state index in [0.717, 1.165) is 0 Å². The van der Waals surface area contributed by atoms with Gasteiger partial charge in [-0.15, -0.1) is 12.4 Å². The number of nitrogens with zero attached hydrogens (tertiary/aromatic N) is 3. The van der Waals surface area contributed by atoms with Crippen molar-refractivity contribution in [3.05, 3.63) is 17.5 Å². The minimum Gasteiger partial charge on any atom is -0.341 e. The van der Waals surface area contributed by atoms with Gasteiger partial charge in [0.2, 0.25) is 5.91 Å². The Morgan fingerprint density at radius 1 is 1.16 bits per heavy atom. The lowest BCUT2D eigenvalue weighted by Crippen LogP contribution is -2.42. The molecule has 1 aromatic rings. The number of rotatable bonds is 3. The smallest absolute Gasteiger partial charge is 0.341 e. The number of carbonyl (C=O) groups is 1. The van der Waals surface area contributed by atoms with E-state index in [1.54, 1.807) is 0 Å². The molecule has 1 saturated heterocycles. The topological polar surface area (TPSA) is 64.2 Å². The molecule has 0 aromatic carbocycles. The number of amides is 1. The molecular formula is C13H17ClF6N4O. The SMILES string of the molecule is Cl.NCC1CCN(C(=O)Cn2nc(C(F)(F)F)cc2C(F)(F)F)CC1. The minimum atomic E-state index is -5.04. The summed E-state index contributed by atoms with van der Waals surface area (Å²) in [6, 6.07) is -0.0893. The molecule has 2 rings (SSSR count). The number of hydrogen-bond acceptors (Lipinski definition) is 3. The molecule has 25 heavy (non-hydrogen) atoms. The van der Waals surface area contributed by atoms with Crippen molar-refractivity contribution < 1.29 is 31.1 Å². The Morgan fingerprint density at radius 3 is 2.16 bits per heavy atom. The molecule has 1 aliphatic rings. The van der Waals surface area contributed by atoms with Gasteiger partial charge in [0.1, 0.15) is 12.2 Å². The van der Waals surface area contributed by atoms with Crippen LogP contribution in [0.1, 0.15) is 24.2 Å². The minimum absolute atomic E-state index is 0. The van der Waals surface area contributed by atoms with E-state index >= 15 is 0 Å². The van der Waals surface area contributed by atoms with Crippen LogP contribution in [-0.4, -0.2) is 40.2 Å². The predicted molar refractivity (Wildman–Crippen MR) is 77.8 cm³/mol. The monoisotopic (exact) mass is 394 g/mol. The molecule has 0 radical (unpaired) electrons. The van der Waals surface area contributed by atoms with Gasteiger partial charge < -0.3 is 10.6 Å². The van der Waals surface area contributed by atoms with Gasteiger partial charge in [0.15, 0.2) is 5.69 Å². The zero-order valence-electron chi connectivity index (χ0n) is 12.9. The van der Waals surface area contributed by atoms with Gasteiger partial charge in [0.05, 0.1) is 0 Å². The average molecular weight is 395 g/mol. The molecule has 0 unspecified atom stereocenters. The molecule has 0 spiro atoms. The zero-order chi connectivity index (χ0) is 18.1.